The van der Waals surface area contributed by atoms with Gasteiger partial charge < -0.3 is 9.30 Å². The number of fused-ring (bicyclic) bond motifs is 1. The lowest BCUT2D eigenvalue weighted by molar-refractivity contribution is 0.0973. The first-order valence-corrected chi connectivity index (χ1v) is 12.0. The van der Waals surface area contributed by atoms with Crippen LogP contribution >= 0.6 is 0 Å². The molecule has 1 aromatic heterocycles. The van der Waals surface area contributed by atoms with Gasteiger partial charge in [-0.2, -0.15) is 0 Å². The molecule has 0 unspecified atom stereocenters. The summed E-state index contributed by atoms with van der Waals surface area (Å²) in [4.78, 5) is 13.3. The van der Waals surface area contributed by atoms with Crippen LogP contribution in [0.4, 0.5) is 0 Å². The monoisotopic (exact) mass is 462 g/mol. The minimum Gasteiger partial charge on any atom is -0.497 e. The standard InChI is InChI=1S/C26H26N2O4S/c1-17-12-18(2)23(19(3)13-17)16-28-24-11-10-21(32-4)14-20(24)15-25(28)26(29)27-33(30,31)22-8-6-5-7-9-22/h5-15H,16H2,1-4H3,(H,27,29). The lowest BCUT2D eigenvalue weighted by Crippen LogP contribution is -2.32. The number of ether oxygens (including phenoxy) is 1. The average molecular weight is 463 g/mol. The number of aromatic nitrogens is 1. The molecule has 1 N–H and O–H groups in total. The van der Waals surface area contributed by atoms with Gasteiger partial charge in [0, 0.05) is 17.4 Å². The lowest BCUT2D eigenvalue weighted by atomic mass is 9.99. The van der Waals surface area contributed by atoms with Gasteiger partial charge in [0.1, 0.15) is 11.4 Å². The zero-order chi connectivity index (χ0) is 23.8. The van der Waals surface area contributed by atoms with Gasteiger partial charge in [-0.3, -0.25) is 4.79 Å². The Labute approximate surface area is 193 Å². The number of hydrogen-bond acceptors (Lipinski definition) is 4. The van der Waals surface area contributed by atoms with Gasteiger partial charge in [0.05, 0.1) is 12.0 Å². The summed E-state index contributed by atoms with van der Waals surface area (Å²) in [7, 11) is -2.43. The van der Waals surface area contributed by atoms with E-state index in [-0.39, 0.29) is 10.6 Å². The second-order valence-corrected chi connectivity index (χ2v) is 9.85. The molecule has 170 valence electrons. The van der Waals surface area contributed by atoms with E-state index in [1.54, 1.807) is 31.4 Å². The zero-order valence-corrected chi connectivity index (χ0v) is 19.9. The first kappa shape index (κ1) is 22.6. The van der Waals surface area contributed by atoms with Crippen molar-refractivity contribution in [3.8, 4) is 5.75 Å². The molecular formula is C26H26N2O4S. The van der Waals surface area contributed by atoms with E-state index in [1.165, 1.54) is 17.7 Å². The Balaban J connectivity index is 1.81. The number of carbonyl (C=O) groups is 1. The van der Waals surface area contributed by atoms with E-state index in [1.807, 2.05) is 36.6 Å². The zero-order valence-electron chi connectivity index (χ0n) is 19.0. The maximum absolute atomic E-state index is 13.3. The summed E-state index contributed by atoms with van der Waals surface area (Å²) < 4.78 is 35.0. The van der Waals surface area contributed by atoms with Crippen molar-refractivity contribution in [3.63, 3.8) is 0 Å². The molecule has 3 aromatic carbocycles. The van der Waals surface area contributed by atoms with E-state index in [4.69, 9.17) is 4.74 Å². The highest BCUT2D eigenvalue weighted by atomic mass is 32.2. The van der Waals surface area contributed by atoms with Crippen LogP contribution in [0.15, 0.2) is 71.6 Å². The predicted molar refractivity (Wildman–Crippen MR) is 129 cm³/mol. The Kier molecular flexibility index (Phi) is 5.99. The van der Waals surface area contributed by atoms with E-state index in [0.29, 0.717) is 12.3 Å². The molecule has 0 bridgehead atoms. The summed E-state index contributed by atoms with van der Waals surface area (Å²) in [5, 5.41) is 0.791. The topological polar surface area (TPSA) is 77.4 Å². The van der Waals surface area contributed by atoms with Crippen LogP contribution in [-0.2, 0) is 16.6 Å². The molecule has 0 atom stereocenters. The normalized spacial score (nSPS) is 11.5. The number of rotatable bonds is 6. The molecule has 6 nitrogen and oxygen atoms in total. The summed E-state index contributed by atoms with van der Waals surface area (Å²) in [5.74, 6) is -0.0253. The quantitative estimate of drug-likeness (QED) is 0.449. The maximum Gasteiger partial charge on any atom is 0.281 e. The summed E-state index contributed by atoms with van der Waals surface area (Å²) in [6, 6.07) is 19.3. The van der Waals surface area contributed by atoms with Crippen molar-refractivity contribution in [1.29, 1.82) is 0 Å². The second-order valence-electron chi connectivity index (χ2n) is 8.17. The molecule has 0 aliphatic heterocycles. The smallest absolute Gasteiger partial charge is 0.281 e. The summed E-state index contributed by atoms with van der Waals surface area (Å²) in [5.41, 5.74) is 5.57. The molecule has 0 spiro atoms. The van der Waals surface area contributed by atoms with Gasteiger partial charge in [-0.05, 0) is 73.9 Å². The van der Waals surface area contributed by atoms with Crippen LogP contribution in [0.2, 0.25) is 0 Å². The van der Waals surface area contributed by atoms with Crippen molar-refractivity contribution in [2.24, 2.45) is 0 Å². The van der Waals surface area contributed by atoms with Crippen molar-refractivity contribution in [2.45, 2.75) is 32.2 Å². The largest absolute Gasteiger partial charge is 0.497 e. The minimum atomic E-state index is -4.01. The van der Waals surface area contributed by atoms with E-state index in [2.05, 4.69) is 23.8 Å². The number of aryl methyl sites for hydroxylation is 3. The van der Waals surface area contributed by atoms with E-state index >= 15 is 0 Å². The fourth-order valence-electron chi connectivity index (χ4n) is 4.18. The molecule has 4 aromatic rings. The molecule has 0 aliphatic rings. The molecule has 7 heteroatoms. The molecular weight excluding hydrogens is 436 g/mol. The molecule has 0 saturated heterocycles. The predicted octanol–water partition coefficient (Wildman–Crippen LogP) is 4.74. The number of hydrogen-bond donors (Lipinski definition) is 1. The number of nitrogens with one attached hydrogen (secondary N) is 1. The van der Waals surface area contributed by atoms with Crippen LogP contribution in [0.25, 0.3) is 10.9 Å². The van der Waals surface area contributed by atoms with E-state index in [9.17, 15) is 13.2 Å². The number of nitrogens with zero attached hydrogens (tertiary/aromatic N) is 1. The third-order valence-electron chi connectivity index (χ3n) is 5.78. The van der Waals surface area contributed by atoms with Crippen LogP contribution < -0.4 is 9.46 Å². The molecule has 0 fully saturated rings. The summed E-state index contributed by atoms with van der Waals surface area (Å²) in [6.07, 6.45) is 0. The first-order chi connectivity index (χ1) is 15.7. The van der Waals surface area contributed by atoms with Gasteiger partial charge in [-0.15, -0.1) is 0 Å². The van der Waals surface area contributed by atoms with Crippen molar-refractivity contribution >= 4 is 26.8 Å². The van der Waals surface area contributed by atoms with E-state index < -0.39 is 15.9 Å². The van der Waals surface area contributed by atoms with Crippen LogP contribution in [0.1, 0.15) is 32.7 Å². The summed E-state index contributed by atoms with van der Waals surface area (Å²) in [6.45, 7) is 6.57. The van der Waals surface area contributed by atoms with Gasteiger partial charge in [0.2, 0.25) is 0 Å². The molecule has 1 amide bonds. The SMILES string of the molecule is COc1ccc2c(c1)cc(C(=O)NS(=O)(=O)c1ccccc1)n2Cc1c(C)cc(C)cc1C. The van der Waals surface area contributed by atoms with Gasteiger partial charge in [-0.25, -0.2) is 13.1 Å². The van der Waals surface area contributed by atoms with Gasteiger partial charge >= 0.3 is 0 Å². The summed E-state index contributed by atoms with van der Waals surface area (Å²) >= 11 is 0. The average Bonchev–Trinajstić information content (AvgIpc) is 3.14. The molecule has 1 heterocycles. The second kappa shape index (κ2) is 8.75. The fraction of sp³-hybridized carbons (Fsp3) is 0.192. The highest BCUT2D eigenvalue weighted by Crippen LogP contribution is 2.28. The third-order valence-corrected chi connectivity index (χ3v) is 7.13. The molecule has 0 radical (unpaired) electrons. The van der Waals surface area contributed by atoms with E-state index in [0.717, 1.165) is 27.6 Å². The Morgan fingerprint density at radius 1 is 0.939 bits per heavy atom. The number of amides is 1. The van der Waals surface area contributed by atoms with Crippen LogP contribution in [-0.4, -0.2) is 26.0 Å². The van der Waals surface area contributed by atoms with Crippen LogP contribution in [0.3, 0.4) is 0 Å². The maximum atomic E-state index is 13.3. The lowest BCUT2D eigenvalue weighted by Gasteiger charge is -2.16. The van der Waals surface area contributed by atoms with Gasteiger partial charge in [0.15, 0.2) is 0 Å². The van der Waals surface area contributed by atoms with Crippen molar-refractivity contribution < 1.29 is 17.9 Å². The highest BCUT2D eigenvalue weighted by Gasteiger charge is 2.23. The molecule has 4 rings (SSSR count). The van der Waals surface area contributed by atoms with Crippen LogP contribution in [0.5, 0.6) is 5.75 Å². The van der Waals surface area contributed by atoms with Gasteiger partial charge in [-0.1, -0.05) is 35.9 Å². The van der Waals surface area contributed by atoms with Crippen molar-refractivity contribution in [1.82, 2.24) is 9.29 Å². The Morgan fingerprint density at radius 3 is 2.24 bits per heavy atom. The molecule has 0 aliphatic carbocycles. The minimum absolute atomic E-state index is 0.0351. The van der Waals surface area contributed by atoms with Gasteiger partial charge in [0.25, 0.3) is 15.9 Å². The molecule has 0 saturated carbocycles. The number of sulfonamides is 1. The van der Waals surface area contributed by atoms with Crippen LogP contribution in [0, 0.1) is 20.8 Å². The van der Waals surface area contributed by atoms with Crippen molar-refractivity contribution in [3.05, 3.63) is 94.7 Å². The Bertz CT molecular complexity index is 1430. The Morgan fingerprint density at radius 2 is 1.61 bits per heavy atom. The highest BCUT2D eigenvalue weighted by molar-refractivity contribution is 7.90. The number of benzene rings is 3. The fourth-order valence-corrected chi connectivity index (χ4v) is 5.17. The number of methoxy groups -OCH3 is 1. The third kappa shape index (κ3) is 4.50. The Hall–Kier alpha value is -3.58. The number of carbonyl (C=O) groups excluding carboxylic acids is 1. The molecule has 33 heavy (non-hydrogen) atoms. The van der Waals surface area contributed by atoms with Crippen molar-refractivity contribution in [2.75, 3.05) is 7.11 Å². The first-order valence-electron chi connectivity index (χ1n) is 10.6.